The Labute approximate surface area is 190 Å². The van der Waals surface area contributed by atoms with Gasteiger partial charge in [-0.15, -0.1) is 24.0 Å². The van der Waals surface area contributed by atoms with Gasteiger partial charge in [-0.2, -0.15) is 0 Å². The van der Waals surface area contributed by atoms with Gasteiger partial charge in [-0.1, -0.05) is 34.6 Å². The van der Waals surface area contributed by atoms with Gasteiger partial charge in [0.15, 0.2) is 5.96 Å². The smallest absolute Gasteiger partial charge is 0.191 e. The minimum Gasteiger partial charge on any atom is -0.377 e. The van der Waals surface area contributed by atoms with Crippen molar-refractivity contribution < 1.29 is 4.74 Å². The van der Waals surface area contributed by atoms with Gasteiger partial charge in [-0.05, 0) is 43.9 Å². The Morgan fingerprint density at radius 3 is 2.43 bits per heavy atom. The van der Waals surface area contributed by atoms with Crippen LogP contribution in [0.2, 0.25) is 0 Å². The van der Waals surface area contributed by atoms with Crippen molar-refractivity contribution >= 4 is 29.9 Å². The molecule has 2 aliphatic rings. The molecule has 0 saturated carbocycles. The van der Waals surface area contributed by atoms with Crippen molar-refractivity contribution in [3.05, 3.63) is 0 Å². The Kier molecular flexibility index (Phi) is 11.7. The molecule has 2 unspecified atom stereocenters. The van der Waals surface area contributed by atoms with Crippen LogP contribution < -0.4 is 10.6 Å². The number of likely N-dealkylation sites (tertiary alicyclic amines) is 1. The predicted molar refractivity (Wildman–Crippen MR) is 131 cm³/mol. The van der Waals surface area contributed by atoms with Crippen LogP contribution in [0.5, 0.6) is 0 Å². The van der Waals surface area contributed by atoms with Crippen LogP contribution in [0.3, 0.4) is 0 Å². The molecule has 2 saturated heterocycles. The first-order valence-corrected chi connectivity index (χ1v) is 11.2. The number of aliphatic imine (C=N–C) groups is 1. The molecule has 0 bridgehead atoms. The molecule has 2 atom stereocenters. The summed E-state index contributed by atoms with van der Waals surface area (Å²) >= 11 is 0. The van der Waals surface area contributed by atoms with Crippen molar-refractivity contribution in [3.63, 3.8) is 0 Å². The van der Waals surface area contributed by atoms with E-state index in [1.54, 1.807) is 0 Å². The van der Waals surface area contributed by atoms with Gasteiger partial charge in [0.2, 0.25) is 0 Å². The lowest BCUT2D eigenvalue weighted by Gasteiger charge is -2.39. The minimum atomic E-state index is 0. The molecule has 0 aromatic heterocycles. The summed E-state index contributed by atoms with van der Waals surface area (Å²) in [6, 6.07) is 0.534. The van der Waals surface area contributed by atoms with E-state index in [2.05, 4.69) is 57.1 Å². The number of ether oxygens (including phenoxy) is 1. The highest BCUT2D eigenvalue weighted by molar-refractivity contribution is 14.0. The molecule has 2 aliphatic heterocycles. The Hall–Kier alpha value is -0.0800. The average molecular weight is 509 g/mol. The molecule has 5 nitrogen and oxygen atoms in total. The van der Waals surface area contributed by atoms with E-state index in [1.165, 1.54) is 38.9 Å². The zero-order valence-corrected chi connectivity index (χ0v) is 21.4. The summed E-state index contributed by atoms with van der Waals surface area (Å²) in [4.78, 5) is 7.56. The molecule has 166 valence electrons. The maximum Gasteiger partial charge on any atom is 0.191 e. The molecular formula is C22H45IN4O. The molecule has 0 amide bonds. The molecule has 2 N–H and O–H groups in total. The first-order chi connectivity index (χ1) is 12.8. The zero-order valence-electron chi connectivity index (χ0n) is 19.1. The van der Waals surface area contributed by atoms with Crippen molar-refractivity contribution in [3.8, 4) is 0 Å². The van der Waals surface area contributed by atoms with E-state index in [0.717, 1.165) is 38.0 Å². The van der Waals surface area contributed by atoms with Gasteiger partial charge in [-0.3, -0.25) is 4.99 Å². The van der Waals surface area contributed by atoms with Crippen molar-refractivity contribution in [1.29, 1.82) is 0 Å². The fourth-order valence-electron chi connectivity index (χ4n) is 4.49. The fraction of sp³-hybridized carbons (Fsp3) is 0.955. The summed E-state index contributed by atoms with van der Waals surface area (Å²) in [6.07, 6.45) is 5.09. The third-order valence-electron chi connectivity index (χ3n) is 5.68. The van der Waals surface area contributed by atoms with Crippen LogP contribution in [0, 0.1) is 17.3 Å². The molecule has 0 spiro atoms. The van der Waals surface area contributed by atoms with Crippen molar-refractivity contribution in [2.24, 2.45) is 22.2 Å². The fourth-order valence-corrected chi connectivity index (χ4v) is 4.49. The summed E-state index contributed by atoms with van der Waals surface area (Å²) in [5.41, 5.74) is 0.176. The topological polar surface area (TPSA) is 48.9 Å². The molecule has 0 radical (unpaired) electrons. The van der Waals surface area contributed by atoms with Gasteiger partial charge in [0.25, 0.3) is 0 Å². The molecule has 0 aromatic carbocycles. The number of halogens is 1. The summed E-state index contributed by atoms with van der Waals surface area (Å²) in [7, 11) is 0. The highest BCUT2D eigenvalue weighted by Gasteiger charge is 2.35. The monoisotopic (exact) mass is 508 g/mol. The Bertz CT molecular complexity index is 456. The second-order valence-corrected chi connectivity index (χ2v) is 9.89. The molecule has 0 aliphatic carbocycles. The molecule has 0 aromatic rings. The molecule has 2 fully saturated rings. The van der Waals surface area contributed by atoms with Crippen LogP contribution in [0.25, 0.3) is 0 Å². The second kappa shape index (κ2) is 12.6. The van der Waals surface area contributed by atoms with Crippen LogP contribution >= 0.6 is 24.0 Å². The third-order valence-corrected chi connectivity index (χ3v) is 5.68. The lowest BCUT2D eigenvalue weighted by atomic mass is 9.78. The second-order valence-electron chi connectivity index (χ2n) is 9.89. The van der Waals surface area contributed by atoms with E-state index >= 15 is 0 Å². The van der Waals surface area contributed by atoms with E-state index in [9.17, 15) is 0 Å². The lowest BCUT2D eigenvalue weighted by Crippen LogP contribution is -2.49. The predicted octanol–water partition coefficient (Wildman–Crippen LogP) is 4.12. The van der Waals surface area contributed by atoms with Crippen molar-refractivity contribution in [2.75, 3.05) is 39.3 Å². The number of nitrogens with zero attached hydrogens (tertiary/aromatic N) is 2. The molecule has 28 heavy (non-hydrogen) atoms. The maximum atomic E-state index is 6.13. The van der Waals surface area contributed by atoms with E-state index in [1.807, 2.05) is 0 Å². The Morgan fingerprint density at radius 2 is 1.86 bits per heavy atom. The molecular weight excluding hydrogens is 463 g/mol. The van der Waals surface area contributed by atoms with E-state index in [4.69, 9.17) is 9.73 Å². The van der Waals surface area contributed by atoms with Crippen molar-refractivity contribution in [1.82, 2.24) is 15.5 Å². The molecule has 2 rings (SSSR count). The Balaban J connectivity index is 0.00000392. The van der Waals surface area contributed by atoms with Gasteiger partial charge in [-0.25, -0.2) is 0 Å². The molecule has 2 heterocycles. The highest BCUT2D eigenvalue weighted by atomic mass is 127. The van der Waals surface area contributed by atoms with E-state index in [0.29, 0.717) is 18.1 Å². The van der Waals surface area contributed by atoms with Crippen LogP contribution in [-0.2, 0) is 4.74 Å². The highest BCUT2D eigenvalue weighted by Crippen LogP contribution is 2.34. The Morgan fingerprint density at radius 1 is 1.18 bits per heavy atom. The summed E-state index contributed by atoms with van der Waals surface area (Å²) < 4.78 is 6.13. The van der Waals surface area contributed by atoms with Gasteiger partial charge in [0.05, 0.1) is 6.10 Å². The SMILES string of the molecule is CCNC(=NCC1CCCOC1C(C)(C)C)NC1CCN(CC(C)C)CC1.I. The van der Waals surface area contributed by atoms with Gasteiger partial charge in [0, 0.05) is 51.3 Å². The average Bonchev–Trinajstić information content (AvgIpc) is 2.60. The van der Waals surface area contributed by atoms with Gasteiger partial charge < -0.3 is 20.3 Å². The van der Waals surface area contributed by atoms with Crippen LogP contribution in [0.1, 0.15) is 67.2 Å². The first kappa shape index (κ1) is 26.0. The number of piperidine rings is 1. The zero-order chi connectivity index (χ0) is 19.9. The van der Waals surface area contributed by atoms with E-state index in [-0.39, 0.29) is 29.4 Å². The van der Waals surface area contributed by atoms with Crippen LogP contribution in [0.4, 0.5) is 0 Å². The normalized spacial score (nSPS) is 25.5. The first-order valence-electron chi connectivity index (χ1n) is 11.2. The van der Waals surface area contributed by atoms with Gasteiger partial charge in [0.1, 0.15) is 0 Å². The largest absolute Gasteiger partial charge is 0.377 e. The maximum absolute atomic E-state index is 6.13. The standard InChI is InChI=1S/C22H44N4O.HI/c1-7-23-21(25-19-10-12-26(13-11-19)16-17(2)3)24-15-18-9-8-14-27-20(18)22(4,5)6;/h17-20H,7-16H2,1-6H3,(H2,23,24,25);1H. The van der Waals surface area contributed by atoms with Crippen LogP contribution in [-0.4, -0.2) is 62.3 Å². The lowest BCUT2D eigenvalue weighted by molar-refractivity contribution is -0.0823. The number of rotatable bonds is 6. The number of hydrogen-bond donors (Lipinski definition) is 2. The van der Waals surface area contributed by atoms with Crippen LogP contribution in [0.15, 0.2) is 4.99 Å². The summed E-state index contributed by atoms with van der Waals surface area (Å²) in [5.74, 6) is 2.25. The van der Waals surface area contributed by atoms with Gasteiger partial charge >= 0.3 is 0 Å². The van der Waals surface area contributed by atoms with E-state index < -0.39 is 0 Å². The number of hydrogen-bond acceptors (Lipinski definition) is 3. The molecule has 6 heteroatoms. The quantitative estimate of drug-likeness (QED) is 0.322. The van der Waals surface area contributed by atoms with Crippen molar-refractivity contribution in [2.45, 2.75) is 79.4 Å². The minimum absolute atomic E-state index is 0. The summed E-state index contributed by atoms with van der Waals surface area (Å²) in [6.45, 7) is 19.9. The number of nitrogens with one attached hydrogen (secondary N) is 2. The summed E-state index contributed by atoms with van der Waals surface area (Å²) in [5, 5.41) is 7.15. The third kappa shape index (κ3) is 8.74. The number of guanidine groups is 1.